The molecule has 7 rings (SSSR count). The smallest absolute Gasteiger partial charge is 0.201 e. The summed E-state index contributed by atoms with van der Waals surface area (Å²) in [6, 6.07) is 7.84. The standard InChI is InChI=1S/C32H35NO11/c1-15-26(35)18(33-8-3-4-9-33)10-21(43-15)44-20-12-31(40,32(13-34)14-42-32)11-17-23(20)30(39)25-24(28(17)37)27(36)16-6-5-7-19(41-2)22(16)29(25)38/h3-9,15,17-18,20-21,23,26,34-35,37,39-40H,10-14H2,1-2H3/t15?,17?,18?,20-,21?,23?,26?,31-,32?/m0/s1. The van der Waals surface area contributed by atoms with E-state index < -0.39 is 83.4 Å². The number of benzene rings is 1. The Hall–Kier alpha value is -3.52. The molecule has 7 unspecified atom stereocenters. The highest BCUT2D eigenvalue weighted by atomic mass is 16.7. The zero-order valence-corrected chi connectivity index (χ0v) is 24.3. The van der Waals surface area contributed by atoms with Gasteiger partial charge < -0.3 is 49.0 Å². The maximum absolute atomic E-state index is 13.9. The Kier molecular flexibility index (Phi) is 6.81. The molecule has 3 aliphatic carbocycles. The molecule has 9 atom stereocenters. The van der Waals surface area contributed by atoms with E-state index in [1.165, 1.54) is 19.2 Å². The molecular weight excluding hydrogens is 574 g/mol. The second-order valence-electron chi connectivity index (χ2n) is 12.4. The van der Waals surface area contributed by atoms with Crippen molar-refractivity contribution in [2.75, 3.05) is 20.3 Å². The Morgan fingerprint density at radius 1 is 1.05 bits per heavy atom. The number of rotatable bonds is 6. The van der Waals surface area contributed by atoms with E-state index in [2.05, 4.69) is 0 Å². The number of nitrogens with zero attached hydrogens (tertiary/aromatic N) is 1. The van der Waals surface area contributed by atoms with Crippen LogP contribution in [0.2, 0.25) is 0 Å². The Labute approximate surface area is 252 Å². The van der Waals surface area contributed by atoms with Crippen molar-refractivity contribution in [2.45, 2.75) is 68.0 Å². The van der Waals surface area contributed by atoms with Crippen molar-refractivity contribution in [1.29, 1.82) is 0 Å². The first-order valence-corrected chi connectivity index (χ1v) is 14.8. The molecule has 12 heteroatoms. The van der Waals surface area contributed by atoms with Crippen molar-refractivity contribution in [1.82, 2.24) is 4.57 Å². The van der Waals surface area contributed by atoms with Crippen LogP contribution in [0, 0.1) is 11.8 Å². The normalized spacial score (nSPS) is 38.2. The molecule has 5 N–H and O–H groups in total. The van der Waals surface area contributed by atoms with Gasteiger partial charge in [0.05, 0.1) is 61.2 Å². The van der Waals surface area contributed by atoms with E-state index in [4.69, 9.17) is 18.9 Å². The van der Waals surface area contributed by atoms with Gasteiger partial charge in [0.1, 0.15) is 34.6 Å². The minimum absolute atomic E-state index is 0.0139. The van der Waals surface area contributed by atoms with Gasteiger partial charge >= 0.3 is 0 Å². The summed E-state index contributed by atoms with van der Waals surface area (Å²) in [5, 5.41) is 56.6. The first kappa shape index (κ1) is 29.2. The van der Waals surface area contributed by atoms with Crippen molar-refractivity contribution in [3.05, 3.63) is 76.5 Å². The molecule has 234 valence electrons. The molecule has 1 saturated carbocycles. The molecule has 0 amide bonds. The van der Waals surface area contributed by atoms with E-state index in [1.54, 1.807) is 13.0 Å². The molecule has 3 heterocycles. The van der Waals surface area contributed by atoms with Crippen LogP contribution in [0.25, 0.3) is 0 Å². The van der Waals surface area contributed by atoms with Crippen molar-refractivity contribution in [3.63, 3.8) is 0 Å². The van der Waals surface area contributed by atoms with E-state index in [-0.39, 0.29) is 53.9 Å². The Morgan fingerprint density at radius 2 is 1.75 bits per heavy atom. The van der Waals surface area contributed by atoms with Crippen LogP contribution in [0.3, 0.4) is 0 Å². The van der Waals surface area contributed by atoms with Gasteiger partial charge in [0.15, 0.2) is 12.1 Å². The summed E-state index contributed by atoms with van der Waals surface area (Å²) in [7, 11) is 1.37. The number of carbonyl (C=O) groups is 2. The Balaban J connectivity index is 1.31. The van der Waals surface area contributed by atoms with Crippen LogP contribution >= 0.6 is 0 Å². The zero-order chi connectivity index (χ0) is 31.1. The number of aromatic nitrogens is 1. The average Bonchev–Trinajstić information content (AvgIpc) is 3.65. The molecule has 0 spiro atoms. The van der Waals surface area contributed by atoms with Gasteiger partial charge in [-0.3, -0.25) is 9.59 Å². The fraction of sp³-hybridized carbons (Fsp3) is 0.500. The summed E-state index contributed by atoms with van der Waals surface area (Å²) < 4.78 is 25.3. The Bertz CT molecular complexity index is 1570. The SMILES string of the molecule is COc1cccc2c1C(=O)C1=C(O)C3C(C[C@@](O)(C4(CO)CO4)C[C@@H]3OC3CC(n4cccc4)C(O)C(C)O3)C(O)=C1C2=O. The summed E-state index contributed by atoms with van der Waals surface area (Å²) in [5.74, 6) is -4.17. The third-order valence-corrected chi connectivity index (χ3v) is 10.1. The Morgan fingerprint density at radius 3 is 2.41 bits per heavy atom. The lowest BCUT2D eigenvalue weighted by molar-refractivity contribution is -0.269. The third kappa shape index (κ3) is 4.12. The number of epoxide rings is 1. The second kappa shape index (κ2) is 10.3. The van der Waals surface area contributed by atoms with E-state index in [0.717, 1.165) is 0 Å². The first-order valence-electron chi connectivity index (χ1n) is 14.8. The van der Waals surface area contributed by atoms with Crippen LogP contribution < -0.4 is 4.74 Å². The molecular formula is C32H35NO11. The van der Waals surface area contributed by atoms with Crippen LogP contribution in [0.4, 0.5) is 0 Å². The molecule has 3 fully saturated rings. The summed E-state index contributed by atoms with van der Waals surface area (Å²) >= 11 is 0. The predicted molar refractivity (Wildman–Crippen MR) is 151 cm³/mol. The molecule has 2 aromatic rings. The van der Waals surface area contributed by atoms with Gasteiger partial charge in [-0.15, -0.1) is 0 Å². The number of aliphatic hydroxyl groups excluding tert-OH is 4. The number of hydrogen-bond acceptors (Lipinski definition) is 11. The molecule has 0 radical (unpaired) electrons. The largest absolute Gasteiger partial charge is 0.511 e. The molecule has 12 nitrogen and oxygen atoms in total. The number of carbonyl (C=O) groups excluding carboxylic acids is 2. The van der Waals surface area contributed by atoms with Crippen LogP contribution in [-0.4, -0.2) is 97.8 Å². The van der Waals surface area contributed by atoms with E-state index in [9.17, 15) is 35.1 Å². The van der Waals surface area contributed by atoms with Gasteiger partial charge in [-0.1, -0.05) is 12.1 Å². The summed E-state index contributed by atoms with van der Waals surface area (Å²) in [6.07, 6.45) is 0.134. The number of methoxy groups -OCH3 is 1. The van der Waals surface area contributed by atoms with Gasteiger partial charge in [-0.05, 0) is 31.5 Å². The topological polar surface area (TPSA) is 180 Å². The zero-order valence-electron chi connectivity index (χ0n) is 24.3. The lowest BCUT2D eigenvalue weighted by atomic mass is 9.60. The lowest BCUT2D eigenvalue weighted by Gasteiger charge is -2.50. The highest BCUT2D eigenvalue weighted by Crippen LogP contribution is 2.56. The van der Waals surface area contributed by atoms with E-state index in [1.807, 2.05) is 29.1 Å². The molecule has 1 aromatic carbocycles. The molecule has 2 aliphatic heterocycles. The summed E-state index contributed by atoms with van der Waals surface area (Å²) in [5.41, 5.74) is -3.68. The van der Waals surface area contributed by atoms with Gasteiger partial charge in [0.25, 0.3) is 0 Å². The highest BCUT2D eigenvalue weighted by molar-refractivity contribution is 6.32. The van der Waals surface area contributed by atoms with Gasteiger partial charge in [0, 0.05) is 36.7 Å². The average molecular weight is 610 g/mol. The van der Waals surface area contributed by atoms with Crippen molar-refractivity contribution >= 4 is 11.6 Å². The molecule has 44 heavy (non-hydrogen) atoms. The number of allylic oxidation sites excluding steroid dienone is 3. The number of aliphatic hydroxyl groups is 5. The van der Waals surface area contributed by atoms with Crippen LogP contribution in [-0.2, 0) is 14.2 Å². The maximum atomic E-state index is 13.9. The van der Waals surface area contributed by atoms with Crippen LogP contribution in [0.5, 0.6) is 5.75 Å². The van der Waals surface area contributed by atoms with Gasteiger partial charge in [0.2, 0.25) is 5.78 Å². The van der Waals surface area contributed by atoms with Gasteiger partial charge in [-0.25, -0.2) is 0 Å². The monoisotopic (exact) mass is 609 g/mol. The van der Waals surface area contributed by atoms with Crippen molar-refractivity contribution < 1.29 is 54.1 Å². The molecule has 1 aromatic heterocycles. The fourth-order valence-electron chi connectivity index (χ4n) is 7.65. The fourth-order valence-corrected chi connectivity index (χ4v) is 7.65. The number of ketones is 2. The number of hydrogen-bond donors (Lipinski definition) is 5. The van der Waals surface area contributed by atoms with Gasteiger partial charge in [-0.2, -0.15) is 0 Å². The number of Topliss-reactive ketones (excluding diaryl/α,β-unsaturated/α-hetero) is 2. The molecule has 0 bridgehead atoms. The second-order valence-corrected chi connectivity index (χ2v) is 12.4. The first-order chi connectivity index (χ1) is 21.0. The minimum atomic E-state index is -1.72. The highest BCUT2D eigenvalue weighted by Gasteiger charge is 2.67. The van der Waals surface area contributed by atoms with Crippen molar-refractivity contribution in [2.24, 2.45) is 11.8 Å². The summed E-state index contributed by atoms with van der Waals surface area (Å²) in [6.45, 7) is 1.28. The maximum Gasteiger partial charge on any atom is 0.201 e. The molecule has 2 saturated heterocycles. The van der Waals surface area contributed by atoms with E-state index in [0.29, 0.717) is 0 Å². The third-order valence-electron chi connectivity index (χ3n) is 10.1. The summed E-state index contributed by atoms with van der Waals surface area (Å²) in [4.78, 5) is 27.7. The van der Waals surface area contributed by atoms with Crippen LogP contribution in [0.15, 0.2) is 65.4 Å². The quantitative estimate of drug-likeness (QED) is 0.303. The number of fused-ring (bicyclic) bond motifs is 3. The lowest BCUT2D eigenvalue weighted by Crippen LogP contribution is -2.59. The predicted octanol–water partition coefficient (Wildman–Crippen LogP) is 2.15. The van der Waals surface area contributed by atoms with Crippen LogP contribution in [0.1, 0.15) is 52.9 Å². The minimum Gasteiger partial charge on any atom is -0.511 e. The van der Waals surface area contributed by atoms with Crippen molar-refractivity contribution in [3.8, 4) is 5.75 Å². The number of ether oxygens (including phenoxy) is 4. The van der Waals surface area contributed by atoms with E-state index >= 15 is 0 Å². The molecule has 5 aliphatic rings.